The van der Waals surface area contributed by atoms with Crippen molar-refractivity contribution in [1.82, 2.24) is 10.2 Å². The summed E-state index contributed by atoms with van der Waals surface area (Å²) >= 11 is 0. The van der Waals surface area contributed by atoms with Gasteiger partial charge in [0, 0.05) is 12.6 Å². The van der Waals surface area contributed by atoms with Crippen LogP contribution in [0.25, 0.3) is 0 Å². The Morgan fingerprint density at radius 3 is 2.22 bits per heavy atom. The Hall–Kier alpha value is -0.860. The van der Waals surface area contributed by atoms with E-state index in [1.165, 1.54) is 23.1 Å². The van der Waals surface area contributed by atoms with Gasteiger partial charge in [-0.15, -0.1) is 0 Å². The average molecular weight is 248 g/mol. The second-order valence-electron chi connectivity index (χ2n) is 5.61. The number of likely N-dealkylation sites (N-methyl/N-ethyl adjacent to an activating group) is 1. The summed E-state index contributed by atoms with van der Waals surface area (Å²) in [5.74, 6) is 0. The molecule has 0 aliphatic carbocycles. The normalized spacial score (nSPS) is 13.0. The lowest BCUT2D eigenvalue weighted by molar-refractivity contribution is 0.336. The molecule has 0 aliphatic heterocycles. The van der Waals surface area contributed by atoms with Gasteiger partial charge in [-0.25, -0.2) is 0 Å². The van der Waals surface area contributed by atoms with E-state index in [4.69, 9.17) is 0 Å². The number of rotatable bonds is 7. The number of aryl methyl sites for hydroxylation is 2. The van der Waals surface area contributed by atoms with E-state index in [1.807, 2.05) is 0 Å². The van der Waals surface area contributed by atoms with Gasteiger partial charge in [-0.3, -0.25) is 0 Å². The van der Waals surface area contributed by atoms with Crippen molar-refractivity contribution < 1.29 is 0 Å². The molecule has 1 atom stereocenters. The lowest BCUT2D eigenvalue weighted by Gasteiger charge is -2.22. The zero-order valence-electron chi connectivity index (χ0n) is 12.6. The van der Waals surface area contributed by atoms with Gasteiger partial charge in [0.25, 0.3) is 0 Å². The molecule has 2 nitrogen and oxygen atoms in total. The molecule has 0 amide bonds. The molecular weight excluding hydrogens is 220 g/mol. The molecule has 1 aromatic carbocycles. The first kappa shape index (κ1) is 15.2. The van der Waals surface area contributed by atoms with Crippen LogP contribution in [0.3, 0.4) is 0 Å². The van der Waals surface area contributed by atoms with E-state index in [9.17, 15) is 0 Å². The first-order valence-corrected chi connectivity index (χ1v) is 6.96. The van der Waals surface area contributed by atoms with Crippen LogP contribution in [0, 0.1) is 13.8 Å². The number of nitrogens with one attached hydrogen (secondary N) is 1. The highest BCUT2D eigenvalue weighted by Gasteiger charge is 2.10. The molecule has 0 fully saturated rings. The van der Waals surface area contributed by atoms with Crippen LogP contribution in [0.5, 0.6) is 0 Å². The Labute approximate surface area is 112 Å². The van der Waals surface area contributed by atoms with Gasteiger partial charge in [0.15, 0.2) is 0 Å². The highest BCUT2D eigenvalue weighted by atomic mass is 15.1. The smallest absolute Gasteiger partial charge is 0.0235 e. The standard InChI is InChI=1S/C16H28N2/c1-6-7-17-16(12-18(4)5)11-15-9-13(2)8-14(3)10-15/h8-10,16-17H,6-7,11-12H2,1-5H3. The van der Waals surface area contributed by atoms with Crippen LogP contribution in [0.1, 0.15) is 30.0 Å². The quantitative estimate of drug-likeness (QED) is 0.798. The van der Waals surface area contributed by atoms with Crippen molar-refractivity contribution in [3.05, 3.63) is 34.9 Å². The van der Waals surface area contributed by atoms with Gasteiger partial charge in [0.2, 0.25) is 0 Å². The van der Waals surface area contributed by atoms with Crippen LogP contribution in [0.4, 0.5) is 0 Å². The summed E-state index contributed by atoms with van der Waals surface area (Å²) in [6.07, 6.45) is 2.30. The third-order valence-corrected chi connectivity index (χ3v) is 3.03. The summed E-state index contributed by atoms with van der Waals surface area (Å²) < 4.78 is 0. The van der Waals surface area contributed by atoms with Gasteiger partial charge in [-0.05, 0) is 52.9 Å². The summed E-state index contributed by atoms with van der Waals surface area (Å²) in [6, 6.07) is 7.40. The van der Waals surface area contributed by atoms with E-state index in [2.05, 4.69) is 63.3 Å². The van der Waals surface area contributed by atoms with Crippen LogP contribution < -0.4 is 5.32 Å². The fourth-order valence-corrected chi connectivity index (χ4v) is 2.46. The predicted molar refractivity (Wildman–Crippen MR) is 80.3 cm³/mol. The second-order valence-corrected chi connectivity index (χ2v) is 5.61. The van der Waals surface area contributed by atoms with Crippen molar-refractivity contribution in [3.63, 3.8) is 0 Å². The van der Waals surface area contributed by atoms with E-state index in [1.54, 1.807) is 0 Å². The minimum atomic E-state index is 0.543. The van der Waals surface area contributed by atoms with Crippen molar-refractivity contribution in [2.75, 3.05) is 27.2 Å². The Bertz CT molecular complexity index is 338. The number of benzene rings is 1. The van der Waals surface area contributed by atoms with Gasteiger partial charge in [-0.1, -0.05) is 36.2 Å². The molecule has 0 spiro atoms. The van der Waals surface area contributed by atoms with Gasteiger partial charge in [-0.2, -0.15) is 0 Å². The molecule has 0 radical (unpaired) electrons. The zero-order valence-corrected chi connectivity index (χ0v) is 12.6. The van der Waals surface area contributed by atoms with Crippen LogP contribution in [0.2, 0.25) is 0 Å². The first-order valence-electron chi connectivity index (χ1n) is 6.96. The topological polar surface area (TPSA) is 15.3 Å². The molecule has 1 N–H and O–H groups in total. The summed E-state index contributed by atoms with van der Waals surface area (Å²) in [5, 5.41) is 3.65. The molecule has 0 bridgehead atoms. The Morgan fingerprint density at radius 1 is 1.11 bits per heavy atom. The molecule has 0 saturated heterocycles. The van der Waals surface area contributed by atoms with Gasteiger partial charge < -0.3 is 10.2 Å². The fourth-order valence-electron chi connectivity index (χ4n) is 2.46. The Kier molecular flexibility index (Phi) is 6.37. The third-order valence-electron chi connectivity index (χ3n) is 3.03. The van der Waals surface area contributed by atoms with Crippen molar-refractivity contribution in [3.8, 4) is 0 Å². The van der Waals surface area contributed by atoms with Gasteiger partial charge in [0.1, 0.15) is 0 Å². The van der Waals surface area contributed by atoms with Gasteiger partial charge >= 0.3 is 0 Å². The monoisotopic (exact) mass is 248 g/mol. The minimum Gasteiger partial charge on any atom is -0.312 e. The molecule has 0 saturated carbocycles. The predicted octanol–water partition coefficient (Wildman–Crippen LogP) is 2.78. The first-order chi connectivity index (χ1) is 8.51. The molecule has 102 valence electrons. The lowest BCUT2D eigenvalue weighted by atomic mass is 10.0. The maximum absolute atomic E-state index is 3.65. The van der Waals surface area contributed by atoms with Crippen molar-refractivity contribution in [2.45, 2.75) is 39.7 Å². The molecular formula is C16H28N2. The SMILES string of the molecule is CCCNC(Cc1cc(C)cc(C)c1)CN(C)C. The van der Waals surface area contributed by atoms with Crippen LogP contribution in [0.15, 0.2) is 18.2 Å². The summed E-state index contributed by atoms with van der Waals surface area (Å²) in [7, 11) is 4.28. The van der Waals surface area contributed by atoms with E-state index in [-0.39, 0.29) is 0 Å². The maximum atomic E-state index is 3.65. The lowest BCUT2D eigenvalue weighted by Crippen LogP contribution is -2.40. The minimum absolute atomic E-state index is 0.543. The number of nitrogens with zero attached hydrogens (tertiary/aromatic N) is 1. The van der Waals surface area contributed by atoms with E-state index in [0.717, 1.165) is 19.5 Å². The number of hydrogen-bond acceptors (Lipinski definition) is 2. The van der Waals surface area contributed by atoms with Crippen molar-refractivity contribution in [1.29, 1.82) is 0 Å². The molecule has 0 aliphatic rings. The summed E-state index contributed by atoms with van der Waals surface area (Å²) in [4.78, 5) is 2.26. The van der Waals surface area contributed by atoms with E-state index < -0.39 is 0 Å². The average Bonchev–Trinajstić information content (AvgIpc) is 2.23. The molecule has 18 heavy (non-hydrogen) atoms. The highest BCUT2D eigenvalue weighted by Crippen LogP contribution is 2.11. The summed E-state index contributed by atoms with van der Waals surface area (Å²) in [6.45, 7) is 8.76. The Morgan fingerprint density at radius 2 is 1.72 bits per heavy atom. The van der Waals surface area contributed by atoms with Crippen LogP contribution >= 0.6 is 0 Å². The van der Waals surface area contributed by atoms with Gasteiger partial charge in [0.05, 0.1) is 0 Å². The second kappa shape index (κ2) is 7.55. The molecule has 1 rings (SSSR count). The van der Waals surface area contributed by atoms with Crippen LogP contribution in [-0.4, -0.2) is 38.1 Å². The molecule has 0 aromatic heterocycles. The van der Waals surface area contributed by atoms with Crippen molar-refractivity contribution in [2.24, 2.45) is 0 Å². The molecule has 0 heterocycles. The zero-order chi connectivity index (χ0) is 13.5. The number of hydrogen-bond donors (Lipinski definition) is 1. The fraction of sp³-hybridized carbons (Fsp3) is 0.625. The van der Waals surface area contributed by atoms with E-state index in [0.29, 0.717) is 6.04 Å². The van der Waals surface area contributed by atoms with E-state index >= 15 is 0 Å². The third kappa shape index (κ3) is 5.65. The Balaban J connectivity index is 2.68. The summed E-state index contributed by atoms with van der Waals surface area (Å²) in [5.41, 5.74) is 4.18. The molecule has 2 heteroatoms. The highest BCUT2D eigenvalue weighted by molar-refractivity contribution is 5.29. The largest absolute Gasteiger partial charge is 0.312 e. The van der Waals surface area contributed by atoms with Crippen LogP contribution in [-0.2, 0) is 6.42 Å². The molecule has 1 unspecified atom stereocenters. The molecule has 1 aromatic rings. The maximum Gasteiger partial charge on any atom is 0.0235 e. The van der Waals surface area contributed by atoms with Crippen molar-refractivity contribution >= 4 is 0 Å².